The first-order chi connectivity index (χ1) is 14.6. The van der Waals surface area contributed by atoms with Gasteiger partial charge in [-0.25, -0.2) is 0 Å². The number of nitrogens with one attached hydrogen (secondary N) is 2. The van der Waals surface area contributed by atoms with E-state index in [1.54, 1.807) is 14.2 Å². The van der Waals surface area contributed by atoms with E-state index in [2.05, 4.69) is 5.32 Å². The third-order valence-corrected chi connectivity index (χ3v) is 5.01. The number of hydrogen-bond donors (Lipinski definition) is 2. The van der Waals surface area contributed by atoms with Gasteiger partial charge in [0.05, 0.1) is 27.3 Å². The van der Waals surface area contributed by atoms with Crippen molar-refractivity contribution in [3.8, 4) is 11.5 Å². The first-order valence-electron chi connectivity index (χ1n) is 10.0. The summed E-state index contributed by atoms with van der Waals surface area (Å²) in [5, 5.41) is 3.20. The second kappa shape index (κ2) is 10.5. The van der Waals surface area contributed by atoms with Gasteiger partial charge in [0.15, 0.2) is 6.54 Å². The molecule has 3 aromatic rings. The molecule has 30 heavy (non-hydrogen) atoms. The van der Waals surface area contributed by atoms with Crippen LogP contribution < -0.4 is 19.7 Å². The molecule has 0 aliphatic carbocycles. The van der Waals surface area contributed by atoms with Gasteiger partial charge in [-0.05, 0) is 47.5 Å². The number of carbonyl (C=O) groups excluding carboxylic acids is 1. The summed E-state index contributed by atoms with van der Waals surface area (Å²) in [4.78, 5) is 14.0. The lowest BCUT2D eigenvalue weighted by atomic mass is 9.98. The van der Waals surface area contributed by atoms with Gasteiger partial charge in [0.25, 0.3) is 5.91 Å². The van der Waals surface area contributed by atoms with Crippen LogP contribution in [0.2, 0.25) is 0 Å². The second-order valence-electron chi connectivity index (χ2n) is 7.34. The van der Waals surface area contributed by atoms with E-state index in [0.717, 1.165) is 39.6 Å². The molecule has 2 N–H and O–H groups in total. The molecular weight excluding hydrogens is 376 g/mol. The molecule has 3 rings (SSSR count). The molecule has 3 aromatic carbocycles. The predicted molar refractivity (Wildman–Crippen MR) is 118 cm³/mol. The van der Waals surface area contributed by atoms with Crippen LogP contribution >= 0.6 is 0 Å². The SMILES string of the molecule is COc1ccc(C[NH+](C)CC(=O)N[C@H](c2ccccc2)c2ccc(OC)cc2)cc1. The highest BCUT2D eigenvalue weighted by Crippen LogP contribution is 2.24. The smallest absolute Gasteiger partial charge is 0.275 e. The molecule has 5 heteroatoms. The Labute approximate surface area is 178 Å². The van der Waals surface area contributed by atoms with Crippen LogP contribution in [-0.4, -0.2) is 33.7 Å². The molecule has 0 heterocycles. The molecule has 0 aliphatic rings. The predicted octanol–water partition coefficient (Wildman–Crippen LogP) is 2.62. The summed E-state index contributed by atoms with van der Waals surface area (Å²) in [7, 11) is 5.32. The number of amides is 1. The van der Waals surface area contributed by atoms with E-state index in [1.165, 1.54) is 0 Å². The monoisotopic (exact) mass is 405 g/mol. The van der Waals surface area contributed by atoms with Gasteiger partial charge in [-0.2, -0.15) is 0 Å². The number of quaternary nitrogens is 1. The fourth-order valence-electron chi connectivity index (χ4n) is 3.44. The molecule has 0 saturated carbocycles. The van der Waals surface area contributed by atoms with Gasteiger partial charge in [0.2, 0.25) is 0 Å². The molecule has 5 nitrogen and oxygen atoms in total. The van der Waals surface area contributed by atoms with E-state index < -0.39 is 0 Å². The summed E-state index contributed by atoms with van der Waals surface area (Å²) in [6, 6.07) is 25.6. The Kier molecular flexibility index (Phi) is 7.46. The number of benzene rings is 3. The number of likely N-dealkylation sites (N-methyl/N-ethyl adjacent to an activating group) is 1. The van der Waals surface area contributed by atoms with Gasteiger partial charge in [-0.3, -0.25) is 4.79 Å². The number of rotatable bonds is 9. The van der Waals surface area contributed by atoms with E-state index in [1.807, 2.05) is 85.9 Å². The third-order valence-electron chi connectivity index (χ3n) is 5.01. The van der Waals surface area contributed by atoms with Crippen molar-refractivity contribution in [2.75, 3.05) is 27.8 Å². The van der Waals surface area contributed by atoms with Crippen molar-refractivity contribution >= 4 is 5.91 Å². The molecule has 0 radical (unpaired) electrons. The Hall–Kier alpha value is -3.31. The average Bonchev–Trinajstić information content (AvgIpc) is 2.78. The van der Waals surface area contributed by atoms with Crippen molar-refractivity contribution < 1.29 is 19.2 Å². The standard InChI is InChI=1S/C25H28N2O3/c1-27(17-19-9-13-22(29-2)14-10-19)18-24(28)26-25(20-7-5-4-6-8-20)21-11-15-23(30-3)16-12-21/h4-16,25H,17-18H2,1-3H3,(H,26,28)/p+1/t25-/m1/s1. The lowest BCUT2D eigenvalue weighted by Crippen LogP contribution is -3.08. The van der Waals surface area contributed by atoms with Crippen molar-refractivity contribution in [3.63, 3.8) is 0 Å². The van der Waals surface area contributed by atoms with Crippen LogP contribution in [-0.2, 0) is 11.3 Å². The van der Waals surface area contributed by atoms with Crippen LogP contribution in [0.3, 0.4) is 0 Å². The molecular formula is C25H29N2O3+. The second-order valence-corrected chi connectivity index (χ2v) is 7.34. The van der Waals surface area contributed by atoms with Crippen LogP contribution in [0.25, 0.3) is 0 Å². The highest BCUT2D eigenvalue weighted by molar-refractivity contribution is 5.78. The quantitative estimate of drug-likeness (QED) is 0.576. The van der Waals surface area contributed by atoms with Crippen molar-refractivity contribution in [1.29, 1.82) is 0 Å². The van der Waals surface area contributed by atoms with Crippen molar-refractivity contribution in [1.82, 2.24) is 5.32 Å². The Morgan fingerprint density at radius 1 is 0.833 bits per heavy atom. The maximum atomic E-state index is 12.8. The number of ether oxygens (including phenoxy) is 2. The summed E-state index contributed by atoms with van der Waals surface area (Å²) >= 11 is 0. The Bertz CT molecular complexity index is 925. The zero-order valence-corrected chi connectivity index (χ0v) is 17.7. The molecule has 0 aliphatic heterocycles. The average molecular weight is 406 g/mol. The highest BCUT2D eigenvalue weighted by Gasteiger charge is 2.19. The Balaban J connectivity index is 1.67. The van der Waals surface area contributed by atoms with Crippen molar-refractivity contribution in [2.45, 2.75) is 12.6 Å². The summed E-state index contributed by atoms with van der Waals surface area (Å²) < 4.78 is 10.5. The van der Waals surface area contributed by atoms with Crippen molar-refractivity contribution in [2.24, 2.45) is 0 Å². The van der Waals surface area contributed by atoms with E-state index in [0.29, 0.717) is 6.54 Å². The van der Waals surface area contributed by atoms with Gasteiger partial charge in [0, 0.05) is 5.56 Å². The van der Waals surface area contributed by atoms with Gasteiger partial charge in [-0.15, -0.1) is 0 Å². The maximum Gasteiger partial charge on any atom is 0.275 e. The molecule has 0 spiro atoms. The van der Waals surface area contributed by atoms with E-state index in [-0.39, 0.29) is 11.9 Å². The van der Waals surface area contributed by atoms with E-state index in [4.69, 9.17) is 9.47 Å². The van der Waals surface area contributed by atoms with Crippen LogP contribution in [0.5, 0.6) is 11.5 Å². The molecule has 2 atom stereocenters. The number of hydrogen-bond acceptors (Lipinski definition) is 3. The maximum absolute atomic E-state index is 12.8. The lowest BCUT2D eigenvalue weighted by Gasteiger charge is -2.21. The molecule has 0 aromatic heterocycles. The minimum atomic E-state index is -0.210. The molecule has 156 valence electrons. The molecule has 1 amide bonds. The number of methoxy groups -OCH3 is 2. The largest absolute Gasteiger partial charge is 0.497 e. The summed E-state index contributed by atoms with van der Waals surface area (Å²) in [6.45, 7) is 1.14. The molecule has 0 fully saturated rings. The zero-order chi connectivity index (χ0) is 21.3. The molecule has 1 unspecified atom stereocenters. The summed E-state index contributed by atoms with van der Waals surface area (Å²) in [5.41, 5.74) is 3.22. The Morgan fingerprint density at radius 3 is 1.93 bits per heavy atom. The molecule has 0 saturated heterocycles. The summed E-state index contributed by atoms with van der Waals surface area (Å²) in [6.07, 6.45) is 0. The lowest BCUT2D eigenvalue weighted by molar-refractivity contribution is -0.885. The fraction of sp³-hybridized carbons (Fsp3) is 0.240. The summed E-state index contributed by atoms with van der Waals surface area (Å²) in [5.74, 6) is 1.63. The first-order valence-corrected chi connectivity index (χ1v) is 10.0. The van der Waals surface area contributed by atoms with E-state index in [9.17, 15) is 4.79 Å². The highest BCUT2D eigenvalue weighted by atomic mass is 16.5. The van der Waals surface area contributed by atoms with Gasteiger partial charge in [0.1, 0.15) is 18.0 Å². The van der Waals surface area contributed by atoms with Gasteiger partial charge >= 0.3 is 0 Å². The first kappa shape index (κ1) is 21.4. The van der Waals surface area contributed by atoms with Crippen LogP contribution in [0, 0.1) is 0 Å². The topological polar surface area (TPSA) is 52.0 Å². The molecule has 0 bridgehead atoms. The fourth-order valence-corrected chi connectivity index (χ4v) is 3.44. The number of carbonyl (C=O) groups is 1. The van der Waals surface area contributed by atoms with Crippen LogP contribution in [0.15, 0.2) is 78.9 Å². The van der Waals surface area contributed by atoms with Crippen molar-refractivity contribution in [3.05, 3.63) is 95.6 Å². The van der Waals surface area contributed by atoms with Gasteiger partial charge < -0.3 is 19.7 Å². The van der Waals surface area contributed by atoms with Crippen LogP contribution in [0.1, 0.15) is 22.7 Å². The normalized spacial score (nSPS) is 12.6. The van der Waals surface area contributed by atoms with Crippen LogP contribution in [0.4, 0.5) is 0 Å². The zero-order valence-electron chi connectivity index (χ0n) is 17.7. The minimum absolute atomic E-state index is 0.00526. The Morgan fingerprint density at radius 2 is 1.37 bits per heavy atom. The van der Waals surface area contributed by atoms with E-state index >= 15 is 0 Å². The third kappa shape index (κ3) is 5.84. The minimum Gasteiger partial charge on any atom is -0.497 e. The van der Waals surface area contributed by atoms with Gasteiger partial charge in [-0.1, -0.05) is 42.5 Å².